The van der Waals surface area contributed by atoms with Gasteiger partial charge in [0, 0.05) is 24.3 Å². The van der Waals surface area contributed by atoms with Gasteiger partial charge in [-0.25, -0.2) is 8.42 Å². The van der Waals surface area contributed by atoms with Crippen molar-refractivity contribution in [2.24, 2.45) is 11.8 Å². The fraction of sp³-hybridized carbons (Fsp3) is 0.519. The minimum atomic E-state index is -3.55. The number of nitrogens with zero attached hydrogens (tertiary/aromatic N) is 1. The van der Waals surface area contributed by atoms with Crippen LogP contribution in [0.25, 0.3) is 0 Å². The van der Waals surface area contributed by atoms with Crippen LogP contribution in [0, 0.1) is 11.8 Å². The molecule has 2 unspecified atom stereocenters. The van der Waals surface area contributed by atoms with E-state index in [1.54, 1.807) is 26.0 Å². The molecule has 4 saturated carbocycles. The van der Waals surface area contributed by atoms with Crippen molar-refractivity contribution in [1.29, 1.82) is 0 Å². The molecular formula is C27H34N2O4S. The van der Waals surface area contributed by atoms with Crippen LogP contribution in [-0.2, 0) is 15.4 Å². The Morgan fingerprint density at radius 1 is 0.971 bits per heavy atom. The largest absolute Gasteiger partial charge is 0.390 e. The van der Waals surface area contributed by atoms with Gasteiger partial charge in [0.1, 0.15) is 0 Å². The fourth-order valence-electron chi connectivity index (χ4n) is 7.15. The van der Waals surface area contributed by atoms with Gasteiger partial charge in [-0.3, -0.25) is 4.79 Å². The van der Waals surface area contributed by atoms with Gasteiger partial charge in [-0.15, -0.1) is 0 Å². The number of anilines is 1. The highest BCUT2D eigenvalue weighted by atomic mass is 32.2. The molecule has 0 aliphatic heterocycles. The Kier molecular flexibility index (Phi) is 5.86. The van der Waals surface area contributed by atoms with E-state index in [9.17, 15) is 18.3 Å². The highest BCUT2D eigenvalue weighted by Gasteiger charge is 2.57. The molecule has 4 aliphatic rings. The van der Waals surface area contributed by atoms with E-state index in [1.807, 2.05) is 12.1 Å². The minimum Gasteiger partial charge on any atom is -0.390 e. The summed E-state index contributed by atoms with van der Waals surface area (Å²) in [6, 6.07) is 14.2. The molecule has 6 rings (SSSR count). The molecule has 2 aromatic rings. The molecule has 2 atom stereocenters. The molecule has 0 aromatic heterocycles. The average Bonchev–Trinajstić information content (AvgIpc) is 2.78. The van der Waals surface area contributed by atoms with Crippen molar-refractivity contribution in [1.82, 2.24) is 4.31 Å². The van der Waals surface area contributed by atoms with Crippen LogP contribution < -0.4 is 5.32 Å². The maximum atomic E-state index is 12.8. The lowest BCUT2D eigenvalue weighted by Gasteiger charge is -2.60. The number of nitrogens with one attached hydrogen (secondary N) is 1. The molecule has 1 amide bonds. The summed E-state index contributed by atoms with van der Waals surface area (Å²) in [5, 5.41) is 14.0. The normalized spacial score (nSPS) is 30.0. The first-order valence-corrected chi connectivity index (χ1v) is 13.8. The molecular weight excluding hydrogens is 448 g/mol. The van der Waals surface area contributed by atoms with Gasteiger partial charge in [0.25, 0.3) is 5.91 Å². The van der Waals surface area contributed by atoms with E-state index in [-0.39, 0.29) is 16.2 Å². The number of carbonyl (C=O) groups excluding carboxylic acids is 1. The van der Waals surface area contributed by atoms with Crippen molar-refractivity contribution in [2.75, 3.05) is 18.4 Å². The van der Waals surface area contributed by atoms with Gasteiger partial charge >= 0.3 is 0 Å². The monoisotopic (exact) mass is 482 g/mol. The predicted octanol–water partition coefficient (Wildman–Crippen LogP) is 4.55. The molecule has 7 heteroatoms. The van der Waals surface area contributed by atoms with E-state index in [2.05, 4.69) is 17.4 Å². The third-order valence-corrected chi connectivity index (χ3v) is 10.3. The lowest BCUT2D eigenvalue weighted by Crippen LogP contribution is -2.57. The minimum absolute atomic E-state index is 0.0631. The van der Waals surface area contributed by atoms with Gasteiger partial charge in [0.15, 0.2) is 0 Å². The van der Waals surface area contributed by atoms with Crippen molar-refractivity contribution in [3.05, 3.63) is 59.7 Å². The molecule has 34 heavy (non-hydrogen) atoms. The average molecular weight is 483 g/mol. The van der Waals surface area contributed by atoms with Crippen molar-refractivity contribution >= 4 is 21.6 Å². The molecule has 182 valence electrons. The van der Waals surface area contributed by atoms with Gasteiger partial charge in [-0.2, -0.15) is 4.31 Å². The van der Waals surface area contributed by atoms with Crippen LogP contribution >= 0.6 is 0 Å². The Morgan fingerprint density at radius 2 is 1.56 bits per heavy atom. The van der Waals surface area contributed by atoms with Crippen LogP contribution in [0.2, 0.25) is 0 Å². The van der Waals surface area contributed by atoms with Crippen LogP contribution in [0.1, 0.15) is 68.3 Å². The predicted molar refractivity (Wildman–Crippen MR) is 132 cm³/mol. The first-order valence-electron chi connectivity index (χ1n) is 12.4. The number of amides is 1. The quantitative estimate of drug-likeness (QED) is 0.606. The number of aliphatic hydroxyl groups is 1. The van der Waals surface area contributed by atoms with Crippen molar-refractivity contribution in [2.45, 2.75) is 68.3 Å². The maximum absolute atomic E-state index is 12.8. The number of carbonyl (C=O) groups is 1. The summed E-state index contributed by atoms with van der Waals surface area (Å²) in [5.41, 5.74) is 1.95. The van der Waals surface area contributed by atoms with Crippen LogP contribution in [-0.4, -0.2) is 42.4 Å². The van der Waals surface area contributed by atoms with Crippen molar-refractivity contribution in [3.8, 4) is 0 Å². The fourth-order valence-corrected chi connectivity index (χ4v) is 8.61. The van der Waals surface area contributed by atoms with Crippen molar-refractivity contribution < 1.29 is 18.3 Å². The first-order chi connectivity index (χ1) is 16.2. The zero-order valence-corrected chi connectivity index (χ0v) is 20.8. The lowest BCUT2D eigenvalue weighted by atomic mass is 9.46. The van der Waals surface area contributed by atoms with Crippen molar-refractivity contribution in [3.63, 3.8) is 0 Å². The second kappa shape index (κ2) is 8.47. The van der Waals surface area contributed by atoms with E-state index in [0.29, 0.717) is 36.2 Å². The number of hydrogen-bond acceptors (Lipinski definition) is 4. The Labute approximate surface area is 202 Å². The topological polar surface area (TPSA) is 86.7 Å². The van der Waals surface area contributed by atoms with E-state index >= 15 is 0 Å². The molecule has 0 radical (unpaired) electrons. The van der Waals surface area contributed by atoms with Gasteiger partial charge in [0.05, 0.1) is 10.5 Å². The van der Waals surface area contributed by atoms with Crippen LogP contribution in [0.15, 0.2) is 53.4 Å². The molecule has 2 aromatic carbocycles. The molecule has 6 nitrogen and oxygen atoms in total. The highest BCUT2D eigenvalue weighted by molar-refractivity contribution is 7.89. The van der Waals surface area contributed by atoms with E-state index in [0.717, 1.165) is 32.1 Å². The molecule has 0 saturated heterocycles. The van der Waals surface area contributed by atoms with Gasteiger partial charge in [-0.05, 0) is 97.7 Å². The Bertz CT molecular complexity index is 1160. The smallest absolute Gasteiger partial charge is 0.255 e. The maximum Gasteiger partial charge on any atom is 0.255 e. The van der Waals surface area contributed by atoms with Crippen LogP contribution in [0.3, 0.4) is 0 Å². The highest BCUT2D eigenvalue weighted by Crippen LogP contribution is 2.62. The Balaban J connectivity index is 1.28. The molecule has 0 spiro atoms. The summed E-state index contributed by atoms with van der Waals surface area (Å²) < 4.78 is 26.7. The number of rotatable bonds is 7. The second-order valence-electron chi connectivity index (χ2n) is 10.6. The summed E-state index contributed by atoms with van der Waals surface area (Å²) in [5.74, 6) is 0.974. The Morgan fingerprint density at radius 3 is 2.09 bits per heavy atom. The molecule has 4 bridgehead atoms. The molecule has 4 aliphatic carbocycles. The van der Waals surface area contributed by atoms with Gasteiger partial charge in [-0.1, -0.05) is 26.0 Å². The lowest BCUT2D eigenvalue weighted by molar-refractivity contribution is -0.136. The molecule has 4 fully saturated rings. The van der Waals surface area contributed by atoms with E-state index in [4.69, 9.17) is 0 Å². The van der Waals surface area contributed by atoms with Crippen LogP contribution in [0.5, 0.6) is 0 Å². The SMILES string of the molecule is CCN(CC)S(=O)(=O)c1ccc(C(=O)Nc2ccc(C34CC5CC(CC(O)(C5)C3)C4)cc2)cc1. The first kappa shape index (κ1) is 23.5. The third kappa shape index (κ3) is 4.08. The zero-order chi connectivity index (χ0) is 24.1. The zero-order valence-electron chi connectivity index (χ0n) is 20.0. The summed E-state index contributed by atoms with van der Waals surface area (Å²) >= 11 is 0. The van der Waals surface area contributed by atoms with E-state index in [1.165, 1.54) is 28.4 Å². The number of hydrogen-bond donors (Lipinski definition) is 2. The Hall–Kier alpha value is -2.22. The standard InChI is InChI=1S/C27H34N2O4S/c1-3-29(4-2)34(32,33)24-11-5-21(6-12-24)25(30)28-23-9-7-22(8-10-23)26-14-19-13-20(15-26)17-27(31,16-19)18-26/h5-12,19-20,31H,3-4,13-18H2,1-2H3,(H,28,30). The summed E-state index contributed by atoms with van der Waals surface area (Å²) in [4.78, 5) is 13.0. The number of sulfonamides is 1. The van der Waals surface area contributed by atoms with Gasteiger partial charge in [0.2, 0.25) is 10.0 Å². The van der Waals surface area contributed by atoms with E-state index < -0.39 is 15.6 Å². The summed E-state index contributed by atoms with van der Waals surface area (Å²) in [6.07, 6.45) is 6.32. The number of benzene rings is 2. The second-order valence-corrected chi connectivity index (χ2v) is 12.5. The summed E-state index contributed by atoms with van der Waals surface area (Å²) in [6.45, 7) is 4.41. The van der Waals surface area contributed by atoms with Gasteiger partial charge < -0.3 is 10.4 Å². The molecule has 0 heterocycles. The molecule has 2 N–H and O–H groups in total. The summed E-state index contributed by atoms with van der Waals surface area (Å²) in [7, 11) is -3.55. The third-order valence-electron chi connectivity index (χ3n) is 8.25. The van der Waals surface area contributed by atoms with Crippen LogP contribution in [0.4, 0.5) is 5.69 Å².